The standard InChI is InChI=1S/C16H17N3OS/c1-3-15-18-19-16(21-15)17-10-11-4-5-13-9-14(20-2)7-6-12(13)8-11/h4-9H,3,10H2,1-2H3,(H,17,19). The number of ether oxygens (including phenoxy) is 1. The van der Waals surface area contributed by atoms with Gasteiger partial charge in [-0.15, -0.1) is 10.2 Å². The zero-order chi connectivity index (χ0) is 14.7. The highest BCUT2D eigenvalue weighted by Gasteiger charge is 2.03. The topological polar surface area (TPSA) is 47.0 Å². The Balaban J connectivity index is 1.75. The first-order chi connectivity index (χ1) is 10.3. The van der Waals surface area contributed by atoms with Crippen molar-refractivity contribution in [3.63, 3.8) is 0 Å². The van der Waals surface area contributed by atoms with Gasteiger partial charge in [0.1, 0.15) is 10.8 Å². The van der Waals surface area contributed by atoms with Crippen molar-refractivity contribution >= 4 is 27.2 Å². The highest BCUT2D eigenvalue weighted by Crippen LogP contribution is 2.22. The lowest BCUT2D eigenvalue weighted by molar-refractivity contribution is 0.415. The van der Waals surface area contributed by atoms with Gasteiger partial charge in [0.2, 0.25) is 5.13 Å². The summed E-state index contributed by atoms with van der Waals surface area (Å²) in [6, 6.07) is 12.5. The average molecular weight is 299 g/mol. The number of nitrogens with one attached hydrogen (secondary N) is 1. The summed E-state index contributed by atoms with van der Waals surface area (Å²) in [7, 11) is 1.69. The number of methoxy groups -OCH3 is 1. The lowest BCUT2D eigenvalue weighted by Crippen LogP contribution is -1.98. The molecule has 3 aromatic rings. The van der Waals surface area contributed by atoms with Crippen molar-refractivity contribution in [1.82, 2.24) is 10.2 Å². The molecule has 0 bridgehead atoms. The number of hydrogen-bond acceptors (Lipinski definition) is 5. The minimum Gasteiger partial charge on any atom is -0.497 e. The minimum absolute atomic E-state index is 0.750. The molecule has 21 heavy (non-hydrogen) atoms. The Hall–Kier alpha value is -2.14. The molecule has 0 saturated carbocycles. The lowest BCUT2D eigenvalue weighted by Gasteiger charge is -2.06. The number of rotatable bonds is 5. The van der Waals surface area contributed by atoms with Crippen molar-refractivity contribution in [2.45, 2.75) is 19.9 Å². The molecule has 0 aliphatic heterocycles. The smallest absolute Gasteiger partial charge is 0.205 e. The SMILES string of the molecule is CCc1nnc(NCc2ccc3cc(OC)ccc3c2)s1. The molecule has 0 spiro atoms. The molecule has 2 aromatic carbocycles. The van der Waals surface area contributed by atoms with Crippen LogP contribution >= 0.6 is 11.3 Å². The zero-order valence-electron chi connectivity index (χ0n) is 12.1. The molecule has 3 rings (SSSR count). The van der Waals surface area contributed by atoms with Crippen LogP contribution in [0.25, 0.3) is 10.8 Å². The van der Waals surface area contributed by atoms with Crippen LogP contribution in [-0.2, 0) is 13.0 Å². The van der Waals surface area contributed by atoms with Gasteiger partial charge in [-0.1, -0.05) is 36.5 Å². The molecular formula is C16H17N3OS. The molecule has 4 nitrogen and oxygen atoms in total. The van der Waals surface area contributed by atoms with E-state index in [-0.39, 0.29) is 0 Å². The number of anilines is 1. The first-order valence-electron chi connectivity index (χ1n) is 6.91. The van der Waals surface area contributed by atoms with Gasteiger partial charge < -0.3 is 10.1 Å². The molecule has 0 saturated heterocycles. The Morgan fingerprint density at radius 1 is 1.10 bits per heavy atom. The predicted octanol–water partition coefficient (Wildman–Crippen LogP) is 3.87. The fourth-order valence-corrected chi connectivity index (χ4v) is 2.83. The Morgan fingerprint density at radius 3 is 2.67 bits per heavy atom. The van der Waals surface area contributed by atoms with E-state index in [4.69, 9.17) is 4.74 Å². The number of aryl methyl sites for hydroxylation is 1. The van der Waals surface area contributed by atoms with Crippen LogP contribution in [0, 0.1) is 0 Å². The van der Waals surface area contributed by atoms with E-state index in [0.717, 1.165) is 28.9 Å². The number of hydrogen-bond donors (Lipinski definition) is 1. The Labute approximate surface area is 127 Å². The van der Waals surface area contributed by atoms with Crippen molar-refractivity contribution in [1.29, 1.82) is 0 Å². The molecule has 0 unspecified atom stereocenters. The first kappa shape index (κ1) is 13.8. The summed E-state index contributed by atoms with van der Waals surface area (Å²) in [5.41, 5.74) is 1.22. The van der Waals surface area contributed by atoms with E-state index in [0.29, 0.717) is 0 Å². The second-order valence-electron chi connectivity index (χ2n) is 4.76. The van der Waals surface area contributed by atoms with E-state index in [9.17, 15) is 0 Å². The summed E-state index contributed by atoms with van der Waals surface area (Å²) in [4.78, 5) is 0. The van der Waals surface area contributed by atoms with Gasteiger partial charge in [-0.05, 0) is 41.0 Å². The van der Waals surface area contributed by atoms with Gasteiger partial charge in [0.15, 0.2) is 0 Å². The molecule has 0 fully saturated rings. The molecule has 1 N–H and O–H groups in total. The maximum Gasteiger partial charge on any atom is 0.205 e. The van der Waals surface area contributed by atoms with Gasteiger partial charge >= 0.3 is 0 Å². The predicted molar refractivity (Wildman–Crippen MR) is 87.1 cm³/mol. The van der Waals surface area contributed by atoms with Gasteiger partial charge in [0.05, 0.1) is 7.11 Å². The zero-order valence-corrected chi connectivity index (χ0v) is 12.9. The number of nitrogens with zero attached hydrogens (tertiary/aromatic N) is 2. The summed E-state index contributed by atoms with van der Waals surface area (Å²) < 4.78 is 5.24. The molecule has 1 aromatic heterocycles. The van der Waals surface area contributed by atoms with Crippen LogP contribution in [0.1, 0.15) is 17.5 Å². The third-order valence-corrected chi connectivity index (χ3v) is 4.35. The molecule has 0 atom stereocenters. The molecule has 1 heterocycles. The monoisotopic (exact) mass is 299 g/mol. The highest BCUT2D eigenvalue weighted by atomic mass is 32.1. The summed E-state index contributed by atoms with van der Waals surface area (Å²) in [5, 5.41) is 15.9. The van der Waals surface area contributed by atoms with Gasteiger partial charge in [-0.25, -0.2) is 0 Å². The van der Waals surface area contributed by atoms with Crippen LogP contribution in [0.2, 0.25) is 0 Å². The average Bonchev–Trinajstić information content (AvgIpc) is 3.00. The molecule has 0 radical (unpaired) electrons. The molecule has 0 aliphatic carbocycles. The van der Waals surface area contributed by atoms with Crippen LogP contribution in [0.5, 0.6) is 5.75 Å². The summed E-state index contributed by atoms with van der Waals surface area (Å²) in [5.74, 6) is 0.884. The van der Waals surface area contributed by atoms with Crippen LogP contribution in [-0.4, -0.2) is 17.3 Å². The van der Waals surface area contributed by atoms with Crippen molar-refractivity contribution in [2.75, 3.05) is 12.4 Å². The van der Waals surface area contributed by atoms with E-state index in [2.05, 4.69) is 46.7 Å². The van der Waals surface area contributed by atoms with Crippen molar-refractivity contribution < 1.29 is 4.74 Å². The molecule has 0 amide bonds. The first-order valence-corrected chi connectivity index (χ1v) is 7.73. The van der Waals surface area contributed by atoms with Gasteiger partial charge in [0.25, 0.3) is 0 Å². The van der Waals surface area contributed by atoms with Crippen LogP contribution < -0.4 is 10.1 Å². The van der Waals surface area contributed by atoms with Gasteiger partial charge in [0, 0.05) is 6.54 Å². The highest BCUT2D eigenvalue weighted by molar-refractivity contribution is 7.15. The van der Waals surface area contributed by atoms with Gasteiger partial charge in [-0.2, -0.15) is 0 Å². The Kier molecular flexibility index (Phi) is 4.01. The third kappa shape index (κ3) is 3.13. The van der Waals surface area contributed by atoms with Crippen molar-refractivity contribution in [3.05, 3.63) is 47.0 Å². The molecular weight excluding hydrogens is 282 g/mol. The third-order valence-electron chi connectivity index (χ3n) is 3.32. The van der Waals surface area contributed by atoms with Crippen LogP contribution in [0.15, 0.2) is 36.4 Å². The fraction of sp³-hybridized carbons (Fsp3) is 0.250. The van der Waals surface area contributed by atoms with Crippen LogP contribution in [0.4, 0.5) is 5.13 Å². The summed E-state index contributed by atoms with van der Waals surface area (Å²) in [6.45, 7) is 2.84. The largest absolute Gasteiger partial charge is 0.497 e. The molecule has 0 aliphatic rings. The summed E-state index contributed by atoms with van der Waals surface area (Å²) >= 11 is 1.61. The number of fused-ring (bicyclic) bond motifs is 1. The van der Waals surface area contributed by atoms with E-state index in [1.54, 1.807) is 18.4 Å². The lowest BCUT2D eigenvalue weighted by atomic mass is 10.1. The Bertz CT molecular complexity index is 754. The Morgan fingerprint density at radius 2 is 1.90 bits per heavy atom. The second-order valence-corrected chi connectivity index (χ2v) is 5.82. The molecule has 5 heteroatoms. The fourth-order valence-electron chi connectivity index (χ4n) is 2.16. The van der Waals surface area contributed by atoms with Crippen molar-refractivity contribution in [2.24, 2.45) is 0 Å². The number of benzene rings is 2. The maximum absolute atomic E-state index is 5.24. The van der Waals surface area contributed by atoms with Crippen LogP contribution in [0.3, 0.4) is 0 Å². The van der Waals surface area contributed by atoms with E-state index < -0.39 is 0 Å². The second kappa shape index (κ2) is 6.10. The number of aromatic nitrogens is 2. The van der Waals surface area contributed by atoms with E-state index in [1.165, 1.54) is 16.3 Å². The van der Waals surface area contributed by atoms with Crippen molar-refractivity contribution in [3.8, 4) is 5.75 Å². The quantitative estimate of drug-likeness (QED) is 0.777. The normalized spacial score (nSPS) is 10.8. The van der Waals surface area contributed by atoms with E-state index >= 15 is 0 Å². The van der Waals surface area contributed by atoms with E-state index in [1.807, 2.05) is 12.1 Å². The maximum atomic E-state index is 5.24. The minimum atomic E-state index is 0.750. The summed E-state index contributed by atoms with van der Waals surface area (Å²) in [6.07, 6.45) is 0.928. The van der Waals surface area contributed by atoms with Gasteiger partial charge in [-0.3, -0.25) is 0 Å². The molecule has 108 valence electrons.